The molecule has 1 aliphatic carbocycles. The van der Waals surface area contributed by atoms with Crippen molar-refractivity contribution < 1.29 is 18.7 Å². The van der Waals surface area contributed by atoms with Crippen LogP contribution in [0.5, 0.6) is 0 Å². The van der Waals surface area contributed by atoms with Gasteiger partial charge in [-0.05, 0) is 19.1 Å². The summed E-state index contributed by atoms with van der Waals surface area (Å²) in [7, 11) is 0. The normalized spacial score (nSPS) is 18.5. The molecule has 1 aromatic heterocycles. The Morgan fingerprint density at radius 3 is 2.71 bits per heavy atom. The minimum absolute atomic E-state index is 0.00539. The van der Waals surface area contributed by atoms with Crippen LogP contribution in [-0.2, 0) is 0 Å². The Morgan fingerprint density at radius 2 is 2.18 bits per heavy atom. The highest BCUT2D eigenvalue weighted by molar-refractivity contribution is 5.93. The lowest BCUT2D eigenvalue weighted by Gasteiger charge is -2.35. The summed E-state index contributed by atoms with van der Waals surface area (Å²) >= 11 is 0. The van der Waals surface area contributed by atoms with Crippen molar-refractivity contribution in [2.75, 3.05) is 5.32 Å². The number of aromatic carboxylic acids is 1. The second kappa shape index (κ2) is 3.94. The van der Waals surface area contributed by atoms with Crippen molar-refractivity contribution in [3.63, 3.8) is 0 Å². The molecule has 0 radical (unpaired) electrons. The van der Waals surface area contributed by atoms with Gasteiger partial charge >= 0.3 is 5.97 Å². The van der Waals surface area contributed by atoms with Gasteiger partial charge < -0.3 is 10.4 Å². The Kier molecular flexibility index (Phi) is 2.73. The lowest BCUT2D eigenvalue weighted by atomic mass is 9.88. The third kappa shape index (κ3) is 2.51. The van der Waals surface area contributed by atoms with Gasteiger partial charge in [-0.25, -0.2) is 18.6 Å². The molecule has 2 N–H and O–H groups in total. The van der Waals surface area contributed by atoms with E-state index in [-0.39, 0.29) is 24.2 Å². The number of pyridine rings is 1. The molecule has 1 aromatic rings. The van der Waals surface area contributed by atoms with Gasteiger partial charge in [0.1, 0.15) is 11.4 Å². The molecule has 0 atom stereocenters. The maximum Gasteiger partial charge on any atom is 0.339 e. The summed E-state index contributed by atoms with van der Waals surface area (Å²) in [5.41, 5.74) is 0.648. The van der Waals surface area contributed by atoms with Crippen LogP contribution in [0, 0.1) is 6.92 Å². The largest absolute Gasteiger partial charge is 0.478 e. The van der Waals surface area contributed by atoms with Gasteiger partial charge in [0.05, 0.1) is 0 Å². The second-order valence-corrected chi connectivity index (χ2v) is 4.26. The lowest BCUT2D eigenvalue weighted by Crippen LogP contribution is -2.44. The van der Waals surface area contributed by atoms with Gasteiger partial charge in [0, 0.05) is 24.6 Å². The molecule has 1 aliphatic rings. The van der Waals surface area contributed by atoms with E-state index in [0.29, 0.717) is 5.69 Å². The maximum absolute atomic E-state index is 12.7. The van der Waals surface area contributed by atoms with Crippen LogP contribution in [0.3, 0.4) is 0 Å². The summed E-state index contributed by atoms with van der Waals surface area (Å²) < 4.78 is 25.3. The van der Waals surface area contributed by atoms with Crippen LogP contribution in [0.2, 0.25) is 0 Å². The summed E-state index contributed by atoms with van der Waals surface area (Å²) in [4.78, 5) is 14.9. The van der Waals surface area contributed by atoms with Crippen molar-refractivity contribution in [1.82, 2.24) is 4.98 Å². The molecule has 0 aliphatic heterocycles. The fraction of sp³-hybridized carbons (Fsp3) is 0.455. The number of anilines is 1. The fourth-order valence-corrected chi connectivity index (χ4v) is 1.80. The number of carboxylic acid groups (broad SMARTS) is 1. The molecule has 1 saturated carbocycles. The molecule has 0 saturated heterocycles. The Labute approximate surface area is 96.7 Å². The first-order valence-electron chi connectivity index (χ1n) is 5.23. The van der Waals surface area contributed by atoms with Crippen LogP contribution in [0.1, 0.15) is 28.9 Å². The lowest BCUT2D eigenvalue weighted by molar-refractivity contribution is -0.0794. The number of carbonyl (C=O) groups is 1. The molecule has 1 fully saturated rings. The quantitative estimate of drug-likeness (QED) is 0.853. The van der Waals surface area contributed by atoms with Crippen molar-refractivity contribution in [1.29, 1.82) is 0 Å². The minimum Gasteiger partial charge on any atom is -0.478 e. The number of carboxylic acids is 1. The number of nitrogens with zero attached hydrogens (tertiary/aromatic N) is 1. The zero-order valence-corrected chi connectivity index (χ0v) is 9.20. The molecule has 17 heavy (non-hydrogen) atoms. The van der Waals surface area contributed by atoms with Gasteiger partial charge in [-0.1, -0.05) is 0 Å². The number of hydrogen-bond acceptors (Lipinski definition) is 3. The van der Waals surface area contributed by atoms with Crippen molar-refractivity contribution in [2.24, 2.45) is 0 Å². The van der Waals surface area contributed by atoms with Crippen molar-refractivity contribution in [2.45, 2.75) is 31.7 Å². The van der Waals surface area contributed by atoms with Crippen molar-refractivity contribution in [3.8, 4) is 0 Å². The Balaban J connectivity index is 2.15. The monoisotopic (exact) mass is 242 g/mol. The highest BCUT2D eigenvalue weighted by Crippen LogP contribution is 2.39. The zero-order valence-electron chi connectivity index (χ0n) is 9.20. The predicted octanol–water partition coefficient (Wildman–Crippen LogP) is 2.30. The van der Waals surface area contributed by atoms with Gasteiger partial charge in [-0.2, -0.15) is 0 Å². The van der Waals surface area contributed by atoms with E-state index in [4.69, 9.17) is 5.11 Å². The van der Waals surface area contributed by atoms with Gasteiger partial charge in [-0.15, -0.1) is 0 Å². The number of alkyl halides is 2. The molecule has 1 heterocycles. The van der Waals surface area contributed by atoms with Crippen LogP contribution in [0.15, 0.2) is 12.1 Å². The van der Waals surface area contributed by atoms with E-state index in [0.717, 1.165) is 0 Å². The standard InChI is InChI=1S/C11H12F2N2O2/c1-6-2-3-8(10(16)17)9(14-6)15-7-4-11(12,13)5-7/h2-3,7H,4-5H2,1H3,(H,14,15)(H,16,17). The Morgan fingerprint density at radius 1 is 1.53 bits per heavy atom. The third-order valence-corrected chi connectivity index (χ3v) is 2.70. The van der Waals surface area contributed by atoms with Gasteiger partial charge in [0.25, 0.3) is 5.92 Å². The van der Waals surface area contributed by atoms with Gasteiger partial charge in [0.15, 0.2) is 0 Å². The summed E-state index contributed by atoms with van der Waals surface area (Å²) in [6, 6.07) is 2.59. The summed E-state index contributed by atoms with van der Waals surface area (Å²) in [6.07, 6.45) is -0.552. The van der Waals surface area contributed by atoms with E-state index >= 15 is 0 Å². The van der Waals surface area contributed by atoms with E-state index in [2.05, 4.69) is 10.3 Å². The van der Waals surface area contributed by atoms with E-state index in [1.165, 1.54) is 6.07 Å². The summed E-state index contributed by atoms with van der Waals surface area (Å²) in [6.45, 7) is 1.71. The van der Waals surface area contributed by atoms with Crippen LogP contribution in [0.4, 0.5) is 14.6 Å². The second-order valence-electron chi connectivity index (χ2n) is 4.26. The van der Waals surface area contributed by atoms with Crippen LogP contribution in [0.25, 0.3) is 0 Å². The fourth-order valence-electron chi connectivity index (χ4n) is 1.80. The molecule has 6 heteroatoms. The van der Waals surface area contributed by atoms with Crippen LogP contribution >= 0.6 is 0 Å². The molecule has 0 amide bonds. The summed E-state index contributed by atoms with van der Waals surface area (Å²) in [5.74, 6) is -3.59. The predicted molar refractivity (Wildman–Crippen MR) is 57.5 cm³/mol. The number of aryl methyl sites for hydroxylation is 1. The van der Waals surface area contributed by atoms with E-state index in [1.54, 1.807) is 13.0 Å². The maximum atomic E-state index is 12.7. The minimum atomic E-state index is -2.63. The topological polar surface area (TPSA) is 62.2 Å². The smallest absolute Gasteiger partial charge is 0.339 e. The highest BCUT2D eigenvalue weighted by atomic mass is 19.3. The number of aromatic nitrogens is 1. The average Bonchev–Trinajstić information content (AvgIpc) is 2.14. The summed E-state index contributed by atoms with van der Waals surface area (Å²) in [5, 5.41) is 11.7. The van der Waals surface area contributed by atoms with Crippen LogP contribution in [-0.4, -0.2) is 28.0 Å². The first kappa shape index (κ1) is 11.8. The first-order valence-corrected chi connectivity index (χ1v) is 5.23. The highest BCUT2D eigenvalue weighted by Gasteiger charge is 2.45. The molecule has 4 nitrogen and oxygen atoms in total. The molecule has 0 bridgehead atoms. The van der Waals surface area contributed by atoms with Crippen molar-refractivity contribution >= 4 is 11.8 Å². The number of rotatable bonds is 3. The number of halogens is 2. The zero-order chi connectivity index (χ0) is 12.6. The third-order valence-electron chi connectivity index (χ3n) is 2.70. The van der Waals surface area contributed by atoms with Gasteiger partial charge in [0.2, 0.25) is 0 Å². The van der Waals surface area contributed by atoms with Crippen LogP contribution < -0.4 is 5.32 Å². The molecule has 0 unspecified atom stereocenters. The molecule has 92 valence electrons. The Bertz CT molecular complexity index is 455. The van der Waals surface area contributed by atoms with Crippen molar-refractivity contribution in [3.05, 3.63) is 23.4 Å². The average molecular weight is 242 g/mol. The first-order chi connectivity index (χ1) is 7.87. The number of nitrogens with one attached hydrogen (secondary N) is 1. The molecule has 0 spiro atoms. The molecule has 0 aromatic carbocycles. The number of hydrogen-bond donors (Lipinski definition) is 2. The van der Waals surface area contributed by atoms with E-state index in [1.807, 2.05) is 0 Å². The Hall–Kier alpha value is -1.72. The molecular formula is C11H12F2N2O2. The molecule has 2 rings (SSSR count). The SMILES string of the molecule is Cc1ccc(C(=O)O)c(NC2CC(F)(F)C2)n1. The molecular weight excluding hydrogens is 230 g/mol. The van der Waals surface area contributed by atoms with E-state index < -0.39 is 17.9 Å². The van der Waals surface area contributed by atoms with E-state index in [9.17, 15) is 13.6 Å². The van der Waals surface area contributed by atoms with Gasteiger partial charge in [-0.3, -0.25) is 0 Å².